The normalized spacial score (nSPS) is 19.5. The summed E-state index contributed by atoms with van der Waals surface area (Å²) in [5.41, 5.74) is 2.74. The van der Waals surface area contributed by atoms with E-state index in [0.717, 1.165) is 61.8 Å². The number of carbonyl (C=O) groups is 1. The molecule has 1 aromatic heterocycles. The van der Waals surface area contributed by atoms with Gasteiger partial charge < -0.3 is 15.4 Å². The van der Waals surface area contributed by atoms with Crippen molar-refractivity contribution in [1.29, 1.82) is 0 Å². The Morgan fingerprint density at radius 2 is 1.88 bits per heavy atom. The van der Waals surface area contributed by atoms with Crippen LogP contribution in [0.25, 0.3) is 0 Å². The van der Waals surface area contributed by atoms with Gasteiger partial charge >= 0.3 is 5.97 Å². The molecule has 0 radical (unpaired) electrons. The number of hydrogen-bond donors (Lipinski definition) is 2. The second-order valence-corrected chi connectivity index (χ2v) is 10.6. The van der Waals surface area contributed by atoms with Crippen LogP contribution in [0.4, 0.5) is 15.8 Å². The number of pyridine rings is 1. The Hall–Kier alpha value is -2.34. The van der Waals surface area contributed by atoms with Crippen LogP contribution in [0.1, 0.15) is 76.8 Å². The van der Waals surface area contributed by atoms with Gasteiger partial charge in [0.15, 0.2) is 0 Å². The maximum Gasteiger partial charge on any atom is 0.309 e. The summed E-state index contributed by atoms with van der Waals surface area (Å²) in [6, 6.07) is 7.15. The molecule has 34 heavy (non-hydrogen) atoms. The van der Waals surface area contributed by atoms with E-state index in [4.69, 9.17) is 16.3 Å². The molecule has 0 bridgehead atoms. The molecule has 186 valence electrons. The number of ether oxygens (including phenoxy) is 1. The number of para-hydroxylation sites is 1. The molecule has 2 atom stereocenters. The molecule has 1 fully saturated rings. The highest BCUT2D eigenvalue weighted by molar-refractivity contribution is 6.29. The van der Waals surface area contributed by atoms with E-state index in [1.165, 1.54) is 6.07 Å². The summed E-state index contributed by atoms with van der Waals surface area (Å²) in [5.74, 6) is -0.374. The van der Waals surface area contributed by atoms with Gasteiger partial charge in [-0.15, -0.1) is 0 Å². The predicted molar refractivity (Wildman–Crippen MR) is 137 cm³/mol. The number of rotatable bonds is 6. The predicted octanol–water partition coefficient (Wildman–Crippen LogP) is 7.28. The zero-order valence-electron chi connectivity index (χ0n) is 20.7. The molecule has 1 aliphatic carbocycles. The molecule has 2 aromatic rings. The third-order valence-corrected chi connectivity index (χ3v) is 6.40. The monoisotopic (exact) mass is 489 g/mol. The number of nitrogens with zero attached hydrogens (tertiary/aromatic N) is 1. The highest BCUT2D eigenvalue weighted by Gasteiger charge is 2.26. The van der Waals surface area contributed by atoms with Gasteiger partial charge in [-0.25, -0.2) is 9.37 Å². The molecule has 1 saturated carbocycles. The number of carbonyl (C=O) groups excluding carboxylic acids is 1. The SMILES string of the molecule is Cc1cccc(F)c1NCc1cnc(Cl)cc1N[C@H]1CCCCC(C(=O)OC(C)(C)C)CCC1. The lowest BCUT2D eigenvalue weighted by Gasteiger charge is -2.24. The second kappa shape index (κ2) is 11.9. The van der Waals surface area contributed by atoms with Gasteiger partial charge in [0, 0.05) is 30.0 Å². The van der Waals surface area contributed by atoms with Crippen molar-refractivity contribution in [3.63, 3.8) is 0 Å². The maximum absolute atomic E-state index is 14.2. The van der Waals surface area contributed by atoms with Gasteiger partial charge in [0.2, 0.25) is 0 Å². The number of nitrogens with one attached hydrogen (secondary N) is 2. The fourth-order valence-corrected chi connectivity index (χ4v) is 4.60. The van der Waals surface area contributed by atoms with Crippen LogP contribution in [-0.2, 0) is 16.1 Å². The summed E-state index contributed by atoms with van der Waals surface area (Å²) in [5, 5.41) is 7.29. The average Bonchev–Trinajstić information content (AvgIpc) is 2.86. The van der Waals surface area contributed by atoms with Gasteiger partial charge in [-0.2, -0.15) is 0 Å². The minimum Gasteiger partial charge on any atom is -0.460 e. The van der Waals surface area contributed by atoms with E-state index in [9.17, 15) is 9.18 Å². The minimum atomic E-state index is -0.453. The van der Waals surface area contributed by atoms with Crippen molar-refractivity contribution >= 4 is 28.9 Å². The van der Waals surface area contributed by atoms with Gasteiger partial charge in [0.25, 0.3) is 0 Å². The number of esters is 1. The molecule has 0 aliphatic heterocycles. The van der Waals surface area contributed by atoms with Crippen LogP contribution in [0.2, 0.25) is 5.15 Å². The summed E-state index contributed by atoms with van der Waals surface area (Å²) in [6.45, 7) is 8.06. The Morgan fingerprint density at radius 1 is 1.18 bits per heavy atom. The molecule has 0 saturated heterocycles. The fourth-order valence-electron chi connectivity index (χ4n) is 4.44. The van der Waals surface area contributed by atoms with Crippen molar-refractivity contribution in [2.24, 2.45) is 5.92 Å². The lowest BCUT2D eigenvalue weighted by molar-refractivity contribution is -0.160. The van der Waals surface area contributed by atoms with Gasteiger partial charge in [-0.3, -0.25) is 4.79 Å². The molecule has 2 N–H and O–H groups in total. The number of hydrogen-bond acceptors (Lipinski definition) is 5. The molecule has 1 aliphatic rings. The third-order valence-electron chi connectivity index (χ3n) is 6.19. The smallest absolute Gasteiger partial charge is 0.309 e. The first-order chi connectivity index (χ1) is 16.1. The van der Waals surface area contributed by atoms with Gasteiger partial charge in [-0.1, -0.05) is 43.0 Å². The van der Waals surface area contributed by atoms with E-state index >= 15 is 0 Å². The standard InChI is InChI=1S/C27H37ClFN3O2/c1-18-9-7-14-22(29)25(18)31-17-20-16-30-24(28)15-23(20)32-21-12-6-5-10-19(11-8-13-21)26(33)34-27(2,3)4/h7,9,14-16,19,21,31H,5-6,8,10-13,17H2,1-4H3,(H,30,32)/t19?,21-/m0/s1. The van der Waals surface area contributed by atoms with Crippen molar-refractivity contribution < 1.29 is 13.9 Å². The number of aryl methyl sites for hydroxylation is 1. The van der Waals surface area contributed by atoms with Crippen molar-refractivity contribution in [2.75, 3.05) is 10.6 Å². The Balaban J connectivity index is 1.64. The Morgan fingerprint density at radius 3 is 2.62 bits per heavy atom. The van der Waals surface area contributed by atoms with Gasteiger partial charge in [-0.05, 0) is 71.1 Å². The van der Waals surface area contributed by atoms with Crippen LogP contribution in [0.3, 0.4) is 0 Å². The molecule has 0 amide bonds. The molecule has 1 heterocycles. The average molecular weight is 490 g/mol. The van der Waals surface area contributed by atoms with Crippen LogP contribution in [0, 0.1) is 18.7 Å². The Bertz CT molecular complexity index is 957. The molecule has 3 rings (SSSR count). The van der Waals surface area contributed by atoms with E-state index in [1.807, 2.05) is 39.8 Å². The summed E-state index contributed by atoms with van der Waals surface area (Å²) < 4.78 is 19.9. The van der Waals surface area contributed by atoms with E-state index in [-0.39, 0.29) is 23.7 Å². The van der Waals surface area contributed by atoms with Crippen LogP contribution < -0.4 is 10.6 Å². The first-order valence-electron chi connectivity index (χ1n) is 12.2. The van der Waals surface area contributed by atoms with E-state index in [0.29, 0.717) is 17.4 Å². The van der Waals surface area contributed by atoms with Crippen molar-refractivity contribution in [3.05, 3.63) is 52.6 Å². The molecular formula is C27H37ClFN3O2. The zero-order chi connectivity index (χ0) is 24.7. The molecule has 1 unspecified atom stereocenters. The van der Waals surface area contributed by atoms with Crippen LogP contribution in [0.5, 0.6) is 0 Å². The first kappa shape index (κ1) is 26.3. The van der Waals surface area contributed by atoms with Crippen molar-refractivity contribution in [1.82, 2.24) is 4.98 Å². The van der Waals surface area contributed by atoms with E-state index < -0.39 is 5.60 Å². The number of anilines is 2. The third kappa shape index (κ3) is 7.86. The second-order valence-electron chi connectivity index (χ2n) is 10.2. The number of aromatic nitrogens is 1. The molecule has 7 heteroatoms. The van der Waals surface area contributed by atoms with Crippen LogP contribution >= 0.6 is 11.6 Å². The van der Waals surface area contributed by atoms with E-state index in [2.05, 4.69) is 15.6 Å². The summed E-state index contributed by atoms with van der Waals surface area (Å²) in [7, 11) is 0. The maximum atomic E-state index is 14.2. The minimum absolute atomic E-state index is 0.0304. The fraction of sp³-hybridized carbons (Fsp3) is 0.556. The zero-order valence-corrected chi connectivity index (χ0v) is 21.5. The van der Waals surface area contributed by atoms with E-state index in [1.54, 1.807) is 12.3 Å². The summed E-state index contributed by atoms with van der Waals surface area (Å²) in [6.07, 6.45) is 8.41. The van der Waals surface area contributed by atoms with Gasteiger partial charge in [0.05, 0.1) is 11.6 Å². The number of halogens is 2. The van der Waals surface area contributed by atoms with Crippen molar-refractivity contribution in [3.8, 4) is 0 Å². The molecule has 0 spiro atoms. The topological polar surface area (TPSA) is 63.2 Å². The lowest BCUT2D eigenvalue weighted by Crippen LogP contribution is -2.28. The highest BCUT2D eigenvalue weighted by atomic mass is 35.5. The Labute approximate surface area is 207 Å². The molecular weight excluding hydrogens is 453 g/mol. The quantitative estimate of drug-likeness (QED) is 0.329. The van der Waals surface area contributed by atoms with Crippen LogP contribution in [0.15, 0.2) is 30.5 Å². The van der Waals surface area contributed by atoms with Gasteiger partial charge in [0.1, 0.15) is 16.6 Å². The summed E-state index contributed by atoms with van der Waals surface area (Å²) >= 11 is 6.21. The first-order valence-corrected chi connectivity index (χ1v) is 12.6. The largest absolute Gasteiger partial charge is 0.460 e. The van der Waals surface area contributed by atoms with Crippen molar-refractivity contribution in [2.45, 2.75) is 90.8 Å². The molecule has 1 aromatic carbocycles. The lowest BCUT2D eigenvalue weighted by atomic mass is 9.96. The van der Waals surface area contributed by atoms with Crippen LogP contribution in [-0.4, -0.2) is 22.6 Å². The number of benzene rings is 1. The summed E-state index contributed by atoms with van der Waals surface area (Å²) in [4.78, 5) is 16.8. The highest BCUT2D eigenvalue weighted by Crippen LogP contribution is 2.29. The Kier molecular flexibility index (Phi) is 9.17. The molecule has 5 nitrogen and oxygen atoms in total.